The Labute approximate surface area is 196 Å². The van der Waals surface area contributed by atoms with Gasteiger partial charge in [-0.25, -0.2) is 0 Å². The summed E-state index contributed by atoms with van der Waals surface area (Å²) in [6.07, 6.45) is 3.97. The molecule has 9 heteroatoms. The van der Waals surface area contributed by atoms with Gasteiger partial charge in [-0.3, -0.25) is 14.6 Å². The molecule has 1 saturated heterocycles. The molecule has 1 aliphatic heterocycles. The number of carbonyl (C=O) groups excluding carboxylic acids is 2. The van der Waals surface area contributed by atoms with Crippen LogP contribution in [0.25, 0.3) is 0 Å². The minimum atomic E-state index is -1.09. The highest BCUT2D eigenvalue weighted by Gasteiger charge is 2.38. The van der Waals surface area contributed by atoms with Crippen LogP contribution >= 0.6 is 12.2 Å². The molecular weight excluding hydrogens is 438 g/mol. The van der Waals surface area contributed by atoms with Crippen LogP contribution in [0.5, 0.6) is 0 Å². The number of benzene rings is 1. The first-order valence-electron chi connectivity index (χ1n) is 10.6. The number of hydrogen-bond acceptors (Lipinski definition) is 6. The molecule has 1 aliphatic rings. The topological polar surface area (TPSA) is 127 Å². The maximum Gasteiger partial charge on any atom is 0.253 e. The fourth-order valence-electron chi connectivity index (χ4n) is 4.24. The van der Waals surface area contributed by atoms with Gasteiger partial charge in [-0.15, -0.1) is 0 Å². The van der Waals surface area contributed by atoms with Gasteiger partial charge in [0.15, 0.2) is 0 Å². The third-order valence-corrected chi connectivity index (χ3v) is 6.48. The number of likely N-dealkylation sites (tertiary alicyclic amines) is 1. The largest absolute Gasteiger partial charge is 0.398 e. The van der Waals surface area contributed by atoms with Crippen LogP contribution < -0.4 is 11.5 Å². The summed E-state index contributed by atoms with van der Waals surface area (Å²) in [5.41, 5.74) is 11.8. The van der Waals surface area contributed by atoms with Crippen molar-refractivity contribution in [3.8, 4) is 0 Å². The molecule has 0 bridgehead atoms. The van der Waals surface area contributed by atoms with E-state index in [2.05, 4.69) is 4.98 Å². The predicted octanol–water partition coefficient (Wildman–Crippen LogP) is 2.39. The van der Waals surface area contributed by atoms with Crippen LogP contribution in [0.4, 0.5) is 5.69 Å². The number of nitrogen functional groups attached to an aromatic ring is 1. The van der Waals surface area contributed by atoms with E-state index in [9.17, 15) is 14.7 Å². The number of pyridine rings is 2. The Kier molecular flexibility index (Phi) is 6.26. The lowest BCUT2D eigenvalue weighted by atomic mass is 9.87. The summed E-state index contributed by atoms with van der Waals surface area (Å²) in [5.74, 6) is -0.940. The molecule has 1 aromatic carbocycles. The second-order valence-corrected chi connectivity index (χ2v) is 8.49. The van der Waals surface area contributed by atoms with E-state index >= 15 is 0 Å². The van der Waals surface area contributed by atoms with Crippen molar-refractivity contribution in [3.63, 3.8) is 0 Å². The number of anilines is 1. The molecule has 0 spiro atoms. The van der Waals surface area contributed by atoms with Gasteiger partial charge in [0.05, 0.1) is 11.3 Å². The predicted molar refractivity (Wildman–Crippen MR) is 127 cm³/mol. The zero-order valence-electron chi connectivity index (χ0n) is 17.9. The number of nitrogens with zero attached hydrogens (tertiary/aromatic N) is 3. The molecule has 0 saturated carbocycles. The van der Waals surface area contributed by atoms with Crippen LogP contribution in [0.15, 0.2) is 67.0 Å². The third-order valence-electron chi connectivity index (χ3n) is 6.07. The number of primary amides is 1. The molecule has 1 fully saturated rings. The average molecular weight is 464 g/mol. The second kappa shape index (κ2) is 9.13. The first-order chi connectivity index (χ1) is 15.8. The highest BCUT2D eigenvalue weighted by atomic mass is 32.1. The summed E-state index contributed by atoms with van der Waals surface area (Å²) in [6, 6.07) is 15.3. The lowest BCUT2D eigenvalue weighted by molar-refractivity contribution is -0.138. The first-order valence-corrected chi connectivity index (χ1v) is 11.0. The minimum Gasteiger partial charge on any atom is -0.398 e. The molecule has 1 atom stereocenters. The molecule has 0 radical (unpaired) electrons. The summed E-state index contributed by atoms with van der Waals surface area (Å²) < 4.78 is 1.66. The molecule has 5 N–H and O–H groups in total. The van der Waals surface area contributed by atoms with Crippen LogP contribution in [-0.2, 0) is 10.4 Å². The van der Waals surface area contributed by atoms with E-state index in [1.54, 1.807) is 34.0 Å². The molecule has 170 valence electrons. The molecular formula is C24H25N5O3S. The number of nitrogens with two attached hydrogens (primary N) is 2. The van der Waals surface area contributed by atoms with E-state index in [0.717, 1.165) is 0 Å². The van der Waals surface area contributed by atoms with E-state index in [0.29, 0.717) is 37.2 Å². The van der Waals surface area contributed by atoms with Gasteiger partial charge in [0, 0.05) is 31.2 Å². The molecule has 0 aliphatic carbocycles. The van der Waals surface area contributed by atoms with Gasteiger partial charge in [0.25, 0.3) is 5.91 Å². The number of aliphatic hydroxyl groups is 1. The van der Waals surface area contributed by atoms with Gasteiger partial charge in [-0.05, 0) is 36.6 Å². The number of hydrogen-bond donors (Lipinski definition) is 3. The van der Waals surface area contributed by atoms with E-state index in [1.807, 2.05) is 36.4 Å². The lowest BCUT2D eigenvalue weighted by Crippen LogP contribution is -2.48. The minimum absolute atomic E-state index is 0.0180. The SMILES string of the molecule is NC(=O)c1c(N)ccn(C(C(=O)N2CCC(O)(c3ccccn3)CC2)c2ccccc2)c1=S. The molecule has 1 unspecified atom stereocenters. The highest BCUT2D eigenvalue weighted by molar-refractivity contribution is 7.71. The van der Waals surface area contributed by atoms with E-state index < -0.39 is 17.6 Å². The van der Waals surface area contributed by atoms with Gasteiger partial charge in [-0.2, -0.15) is 0 Å². The molecule has 2 aromatic heterocycles. The Morgan fingerprint density at radius 2 is 1.73 bits per heavy atom. The Hall–Kier alpha value is -3.56. The van der Waals surface area contributed by atoms with Gasteiger partial charge in [0.2, 0.25) is 5.91 Å². The van der Waals surface area contributed by atoms with Crippen LogP contribution in [0.2, 0.25) is 0 Å². The summed E-state index contributed by atoms with van der Waals surface area (Å²) in [6.45, 7) is 0.695. The molecule has 33 heavy (non-hydrogen) atoms. The maximum atomic E-state index is 13.8. The van der Waals surface area contributed by atoms with Crippen LogP contribution in [0.3, 0.4) is 0 Å². The van der Waals surface area contributed by atoms with Gasteiger partial charge in [0.1, 0.15) is 16.3 Å². The van der Waals surface area contributed by atoms with E-state index in [4.69, 9.17) is 23.7 Å². The Balaban J connectivity index is 1.68. The quantitative estimate of drug-likeness (QED) is 0.499. The fraction of sp³-hybridized carbons (Fsp3) is 0.250. The molecule has 4 rings (SSSR count). The van der Waals surface area contributed by atoms with Crippen LogP contribution in [0.1, 0.15) is 40.5 Å². The molecule has 8 nitrogen and oxygen atoms in total. The molecule has 3 heterocycles. The fourth-order valence-corrected chi connectivity index (χ4v) is 4.62. The average Bonchev–Trinajstić information content (AvgIpc) is 2.82. The van der Waals surface area contributed by atoms with Crippen LogP contribution in [0, 0.1) is 4.64 Å². The summed E-state index contributed by atoms with van der Waals surface area (Å²) >= 11 is 5.52. The zero-order chi connectivity index (χ0) is 23.6. The Bertz CT molecular complexity index is 1220. The maximum absolute atomic E-state index is 13.8. The van der Waals surface area contributed by atoms with Gasteiger partial charge < -0.3 is 26.0 Å². The van der Waals surface area contributed by atoms with Crippen molar-refractivity contribution in [2.45, 2.75) is 24.5 Å². The van der Waals surface area contributed by atoms with Crippen LogP contribution in [-0.4, -0.2) is 44.5 Å². The van der Waals surface area contributed by atoms with E-state index in [-0.39, 0.29) is 21.8 Å². The summed E-state index contributed by atoms with van der Waals surface area (Å²) in [5, 5.41) is 11.1. The number of aromatic nitrogens is 2. The Morgan fingerprint density at radius 3 is 2.33 bits per heavy atom. The van der Waals surface area contributed by atoms with Crippen molar-refractivity contribution in [2.24, 2.45) is 5.73 Å². The number of rotatable bonds is 5. The smallest absolute Gasteiger partial charge is 0.253 e. The van der Waals surface area contributed by atoms with Crippen molar-refractivity contribution < 1.29 is 14.7 Å². The van der Waals surface area contributed by atoms with Crippen molar-refractivity contribution in [3.05, 3.63) is 88.5 Å². The number of carbonyl (C=O) groups is 2. The van der Waals surface area contributed by atoms with Crippen molar-refractivity contribution in [1.82, 2.24) is 14.5 Å². The first kappa shape index (κ1) is 22.6. The monoisotopic (exact) mass is 463 g/mol. The molecule has 2 amide bonds. The number of amides is 2. The summed E-state index contributed by atoms with van der Waals surface area (Å²) in [4.78, 5) is 31.7. The number of piperidine rings is 1. The lowest BCUT2D eigenvalue weighted by Gasteiger charge is -2.39. The standard InChI is InChI=1S/C24H25N5O3S/c25-17-9-13-29(23(33)19(17)21(26)30)20(16-6-2-1-3-7-16)22(31)28-14-10-24(32,11-15-28)18-8-4-5-12-27-18/h1-9,12-13,20,32H,10-11,14-15,25H2,(H2,26,30). The summed E-state index contributed by atoms with van der Waals surface area (Å²) in [7, 11) is 0. The molecule has 3 aromatic rings. The van der Waals surface area contributed by atoms with Gasteiger partial charge >= 0.3 is 0 Å². The highest BCUT2D eigenvalue weighted by Crippen LogP contribution is 2.33. The Morgan fingerprint density at radius 1 is 1.06 bits per heavy atom. The van der Waals surface area contributed by atoms with Crippen molar-refractivity contribution in [2.75, 3.05) is 18.8 Å². The normalized spacial score (nSPS) is 16.2. The second-order valence-electron chi connectivity index (χ2n) is 8.11. The van der Waals surface area contributed by atoms with Gasteiger partial charge in [-0.1, -0.05) is 48.6 Å². The van der Waals surface area contributed by atoms with E-state index in [1.165, 1.54) is 6.07 Å². The van der Waals surface area contributed by atoms with Crippen molar-refractivity contribution in [1.29, 1.82) is 0 Å². The third kappa shape index (κ3) is 4.37. The zero-order valence-corrected chi connectivity index (χ0v) is 18.7. The van der Waals surface area contributed by atoms with Crippen molar-refractivity contribution >= 4 is 29.7 Å².